The molecule has 1 unspecified atom stereocenters. The molecule has 0 aliphatic carbocycles. The highest BCUT2D eigenvalue weighted by atomic mass is 19.1. The maximum Gasteiger partial charge on any atom is 0.268 e. The molecule has 0 fully saturated rings. The molecular formula is C18H17FN2O2. The van der Waals surface area contributed by atoms with E-state index in [1.54, 1.807) is 41.3 Å². The van der Waals surface area contributed by atoms with Gasteiger partial charge < -0.3 is 15.4 Å². The summed E-state index contributed by atoms with van der Waals surface area (Å²) in [7, 11) is 0. The third kappa shape index (κ3) is 3.04. The number of anilines is 2. The third-order valence-corrected chi connectivity index (χ3v) is 3.71. The molecule has 2 N–H and O–H groups in total. The highest BCUT2D eigenvalue weighted by Crippen LogP contribution is 2.36. The van der Waals surface area contributed by atoms with E-state index in [0.717, 1.165) is 0 Å². The SMILES string of the molecule is C=CCN1C(=O)C(Cc2cccc(F)c2)Oc2ccc(N)cc21. The molecule has 1 atom stereocenters. The number of halogens is 1. The van der Waals surface area contributed by atoms with Crippen molar-refractivity contribution in [1.29, 1.82) is 0 Å². The molecule has 2 aromatic carbocycles. The number of hydrogen-bond donors (Lipinski definition) is 1. The molecule has 2 aromatic rings. The molecule has 0 saturated heterocycles. The van der Waals surface area contributed by atoms with Gasteiger partial charge >= 0.3 is 0 Å². The van der Waals surface area contributed by atoms with Crippen molar-refractivity contribution in [2.75, 3.05) is 17.2 Å². The highest BCUT2D eigenvalue weighted by molar-refractivity contribution is 6.00. The van der Waals surface area contributed by atoms with Gasteiger partial charge in [-0.25, -0.2) is 4.39 Å². The quantitative estimate of drug-likeness (QED) is 0.697. The van der Waals surface area contributed by atoms with Crippen molar-refractivity contribution < 1.29 is 13.9 Å². The first-order valence-corrected chi connectivity index (χ1v) is 7.31. The number of hydrogen-bond acceptors (Lipinski definition) is 3. The van der Waals surface area contributed by atoms with Crippen LogP contribution in [0.15, 0.2) is 55.1 Å². The van der Waals surface area contributed by atoms with Gasteiger partial charge in [-0.3, -0.25) is 4.79 Å². The molecule has 4 nitrogen and oxygen atoms in total. The Balaban J connectivity index is 1.93. The zero-order chi connectivity index (χ0) is 16.4. The molecule has 118 valence electrons. The van der Waals surface area contributed by atoms with Crippen molar-refractivity contribution >= 4 is 17.3 Å². The molecular weight excluding hydrogens is 295 g/mol. The van der Waals surface area contributed by atoms with E-state index in [0.29, 0.717) is 35.7 Å². The van der Waals surface area contributed by atoms with Gasteiger partial charge in [-0.2, -0.15) is 0 Å². The van der Waals surface area contributed by atoms with Crippen molar-refractivity contribution in [2.24, 2.45) is 0 Å². The number of carbonyl (C=O) groups is 1. The maximum atomic E-state index is 13.3. The predicted molar refractivity (Wildman–Crippen MR) is 87.9 cm³/mol. The molecule has 0 saturated carbocycles. The molecule has 0 bridgehead atoms. The largest absolute Gasteiger partial charge is 0.478 e. The molecule has 0 aromatic heterocycles. The van der Waals surface area contributed by atoms with Crippen LogP contribution < -0.4 is 15.4 Å². The van der Waals surface area contributed by atoms with Crippen LogP contribution in [-0.2, 0) is 11.2 Å². The summed E-state index contributed by atoms with van der Waals surface area (Å²) in [6.07, 6.45) is 1.25. The number of benzene rings is 2. The molecule has 1 heterocycles. The monoisotopic (exact) mass is 312 g/mol. The number of nitrogens with two attached hydrogens (primary N) is 1. The van der Waals surface area contributed by atoms with Crippen LogP contribution in [-0.4, -0.2) is 18.6 Å². The van der Waals surface area contributed by atoms with E-state index in [1.165, 1.54) is 12.1 Å². The Kier molecular flexibility index (Phi) is 4.02. The minimum absolute atomic E-state index is 0.188. The van der Waals surface area contributed by atoms with Gasteiger partial charge in [0.05, 0.1) is 5.69 Å². The minimum atomic E-state index is -0.701. The van der Waals surface area contributed by atoms with Crippen LogP contribution in [0.25, 0.3) is 0 Å². The molecule has 23 heavy (non-hydrogen) atoms. The fourth-order valence-electron chi connectivity index (χ4n) is 2.67. The van der Waals surface area contributed by atoms with Gasteiger partial charge in [-0.1, -0.05) is 18.2 Å². The first-order chi connectivity index (χ1) is 11.1. The minimum Gasteiger partial charge on any atom is -0.478 e. The summed E-state index contributed by atoms with van der Waals surface area (Å²) in [6, 6.07) is 11.3. The first-order valence-electron chi connectivity index (χ1n) is 7.31. The second-order valence-corrected chi connectivity index (χ2v) is 5.41. The van der Waals surface area contributed by atoms with Crippen molar-refractivity contribution in [1.82, 2.24) is 0 Å². The second kappa shape index (κ2) is 6.12. The smallest absolute Gasteiger partial charge is 0.268 e. The molecule has 5 heteroatoms. The van der Waals surface area contributed by atoms with Crippen molar-refractivity contribution in [3.8, 4) is 5.75 Å². The fourth-order valence-corrected chi connectivity index (χ4v) is 2.67. The van der Waals surface area contributed by atoms with Gasteiger partial charge in [0, 0.05) is 18.7 Å². The van der Waals surface area contributed by atoms with E-state index in [2.05, 4.69) is 6.58 Å². The van der Waals surface area contributed by atoms with Gasteiger partial charge in [0.1, 0.15) is 11.6 Å². The van der Waals surface area contributed by atoms with E-state index in [9.17, 15) is 9.18 Å². The summed E-state index contributed by atoms with van der Waals surface area (Å²) in [4.78, 5) is 14.3. The van der Waals surface area contributed by atoms with Crippen LogP contribution in [0.2, 0.25) is 0 Å². The molecule has 3 rings (SSSR count). The summed E-state index contributed by atoms with van der Waals surface area (Å²) in [5.74, 6) is 0.0659. The lowest BCUT2D eigenvalue weighted by Crippen LogP contribution is -2.47. The Labute approximate surface area is 134 Å². The van der Waals surface area contributed by atoms with Gasteiger partial charge in [0.25, 0.3) is 5.91 Å². The van der Waals surface area contributed by atoms with Gasteiger partial charge in [-0.05, 0) is 35.9 Å². The number of nitrogens with zero attached hydrogens (tertiary/aromatic N) is 1. The Morgan fingerprint density at radius 1 is 1.30 bits per heavy atom. The Hall–Kier alpha value is -2.82. The highest BCUT2D eigenvalue weighted by Gasteiger charge is 2.34. The average molecular weight is 312 g/mol. The number of rotatable bonds is 4. The summed E-state index contributed by atoms with van der Waals surface area (Å²) < 4.78 is 19.2. The van der Waals surface area contributed by atoms with E-state index in [4.69, 9.17) is 10.5 Å². The summed E-state index contributed by atoms with van der Waals surface area (Å²) in [6.45, 7) is 4.05. The number of carbonyl (C=O) groups excluding carboxylic acids is 1. The number of nitrogen functional groups attached to an aromatic ring is 1. The van der Waals surface area contributed by atoms with Crippen LogP contribution in [0, 0.1) is 5.82 Å². The summed E-state index contributed by atoms with van der Waals surface area (Å²) >= 11 is 0. The van der Waals surface area contributed by atoms with Crippen molar-refractivity contribution in [3.63, 3.8) is 0 Å². The molecule has 1 aliphatic heterocycles. The normalized spacial score (nSPS) is 16.7. The van der Waals surface area contributed by atoms with Gasteiger partial charge in [0.15, 0.2) is 6.10 Å². The lowest BCUT2D eigenvalue weighted by Gasteiger charge is -2.34. The summed E-state index contributed by atoms with van der Waals surface area (Å²) in [5.41, 5.74) is 7.69. The number of ether oxygens (including phenoxy) is 1. The lowest BCUT2D eigenvalue weighted by molar-refractivity contribution is -0.126. The number of amides is 1. The lowest BCUT2D eigenvalue weighted by atomic mass is 10.0. The van der Waals surface area contributed by atoms with Crippen LogP contribution in [0.5, 0.6) is 5.75 Å². The summed E-state index contributed by atoms with van der Waals surface area (Å²) in [5, 5.41) is 0. The van der Waals surface area contributed by atoms with Gasteiger partial charge in [-0.15, -0.1) is 6.58 Å². The van der Waals surface area contributed by atoms with Crippen LogP contribution >= 0.6 is 0 Å². The third-order valence-electron chi connectivity index (χ3n) is 3.71. The Morgan fingerprint density at radius 3 is 2.87 bits per heavy atom. The van der Waals surface area contributed by atoms with E-state index in [1.807, 2.05) is 0 Å². The zero-order valence-corrected chi connectivity index (χ0v) is 12.5. The molecule has 1 aliphatic rings. The predicted octanol–water partition coefficient (Wildman–Crippen LogP) is 2.93. The molecule has 0 radical (unpaired) electrons. The van der Waals surface area contributed by atoms with E-state index in [-0.39, 0.29) is 11.7 Å². The standard InChI is InChI=1S/C18H17FN2O2/c1-2-8-21-15-11-14(20)6-7-16(15)23-17(18(21)22)10-12-4-3-5-13(19)9-12/h2-7,9,11,17H,1,8,10,20H2. The Morgan fingerprint density at radius 2 is 2.13 bits per heavy atom. The van der Waals surface area contributed by atoms with Crippen LogP contribution in [0.3, 0.4) is 0 Å². The van der Waals surface area contributed by atoms with Crippen LogP contribution in [0.1, 0.15) is 5.56 Å². The Bertz CT molecular complexity index is 760. The number of fused-ring (bicyclic) bond motifs is 1. The van der Waals surface area contributed by atoms with Crippen molar-refractivity contribution in [2.45, 2.75) is 12.5 Å². The van der Waals surface area contributed by atoms with Gasteiger partial charge in [0.2, 0.25) is 0 Å². The van der Waals surface area contributed by atoms with E-state index >= 15 is 0 Å². The van der Waals surface area contributed by atoms with E-state index < -0.39 is 6.10 Å². The topological polar surface area (TPSA) is 55.6 Å². The van der Waals surface area contributed by atoms with Crippen LogP contribution in [0.4, 0.5) is 15.8 Å². The second-order valence-electron chi connectivity index (χ2n) is 5.41. The fraction of sp³-hybridized carbons (Fsp3) is 0.167. The molecule has 1 amide bonds. The average Bonchev–Trinajstić information content (AvgIpc) is 2.52. The first kappa shape index (κ1) is 15.1. The van der Waals surface area contributed by atoms with Crippen molar-refractivity contribution in [3.05, 3.63) is 66.5 Å². The maximum absolute atomic E-state index is 13.3. The zero-order valence-electron chi connectivity index (χ0n) is 12.5. The molecule has 0 spiro atoms.